The lowest BCUT2D eigenvalue weighted by atomic mass is 10.1. The molecular weight excluding hydrogens is 308 g/mol. The van der Waals surface area contributed by atoms with Crippen LogP contribution in [0, 0.1) is 0 Å². The second-order valence-electron chi connectivity index (χ2n) is 5.09. The van der Waals surface area contributed by atoms with Crippen molar-refractivity contribution in [1.82, 2.24) is 10.2 Å². The molecule has 6 nitrogen and oxygen atoms in total. The van der Waals surface area contributed by atoms with Crippen molar-refractivity contribution >= 4 is 5.97 Å². The van der Waals surface area contributed by atoms with Crippen molar-refractivity contribution in [1.29, 1.82) is 0 Å². The first-order valence-electron chi connectivity index (χ1n) is 7.45. The molecule has 2 aromatic carbocycles. The molecule has 0 unspecified atom stereocenters. The Hall–Kier alpha value is -3.15. The second-order valence-corrected chi connectivity index (χ2v) is 5.09. The molecule has 0 aliphatic rings. The summed E-state index contributed by atoms with van der Waals surface area (Å²) >= 11 is 0. The number of aromatic nitrogens is 2. The van der Waals surface area contributed by atoms with Gasteiger partial charge in [-0.2, -0.15) is 0 Å². The van der Waals surface area contributed by atoms with Gasteiger partial charge in [0.1, 0.15) is 11.5 Å². The summed E-state index contributed by atoms with van der Waals surface area (Å²) in [6, 6.07) is 14.5. The zero-order valence-electron chi connectivity index (χ0n) is 13.1. The van der Waals surface area contributed by atoms with Crippen molar-refractivity contribution in [3.05, 3.63) is 60.5 Å². The fourth-order valence-electron chi connectivity index (χ4n) is 2.19. The summed E-state index contributed by atoms with van der Waals surface area (Å²) in [7, 11) is 1.62. The van der Waals surface area contributed by atoms with Crippen LogP contribution >= 0.6 is 0 Å². The lowest BCUT2D eigenvalue weighted by molar-refractivity contribution is -0.134. The zero-order chi connectivity index (χ0) is 16.8. The molecule has 0 aliphatic heterocycles. The van der Waals surface area contributed by atoms with E-state index in [2.05, 4.69) is 10.2 Å². The Labute approximate surface area is 139 Å². The van der Waals surface area contributed by atoms with Gasteiger partial charge in [0.15, 0.2) is 0 Å². The first-order chi connectivity index (χ1) is 11.7. The Morgan fingerprint density at radius 3 is 2.38 bits per heavy atom. The lowest BCUT2D eigenvalue weighted by Crippen LogP contribution is -2.09. The third kappa shape index (κ3) is 3.98. The van der Waals surface area contributed by atoms with E-state index < -0.39 is 0 Å². The molecule has 0 N–H and O–H groups in total. The average molecular weight is 324 g/mol. The number of hydrogen-bond donors (Lipinski definition) is 0. The highest BCUT2D eigenvalue weighted by Gasteiger charge is 2.08. The predicted molar refractivity (Wildman–Crippen MR) is 86.7 cm³/mol. The van der Waals surface area contributed by atoms with Gasteiger partial charge in [-0.05, 0) is 48.4 Å². The van der Waals surface area contributed by atoms with E-state index in [0.29, 0.717) is 24.5 Å². The van der Waals surface area contributed by atoms with Crippen molar-refractivity contribution in [3.8, 4) is 23.0 Å². The highest BCUT2D eigenvalue weighted by molar-refractivity contribution is 5.73. The van der Waals surface area contributed by atoms with Gasteiger partial charge in [0, 0.05) is 12.0 Å². The molecule has 0 amide bonds. The molecule has 1 aromatic heterocycles. The Morgan fingerprint density at radius 2 is 1.75 bits per heavy atom. The van der Waals surface area contributed by atoms with Gasteiger partial charge in [-0.1, -0.05) is 12.1 Å². The standard InChI is InChI=1S/C18H16N2O4/c1-22-15-7-2-13(3-8-15)4-11-17(21)24-16-9-5-14(6-10-16)18-20-19-12-23-18/h2-3,5-10,12H,4,11H2,1H3. The van der Waals surface area contributed by atoms with Crippen LogP contribution in [0.25, 0.3) is 11.5 Å². The van der Waals surface area contributed by atoms with Gasteiger partial charge >= 0.3 is 5.97 Å². The number of carbonyl (C=O) groups is 1. The summed E-state index contributed by atoms with van der Waals surface area (Å²) in [6.07, 6.45) is 2.18. The fraction of sp³-hybridized carbons (Fsp3) is 0.167. The van der Waals surface area contributed by atoms with Crippen molar-refractivity contribution in [3.63, 3.8) is 0 Å². The van der Waals surface area contributed by atoms with Crippen LogP contribution in [0.5, 0.6) is 11.5 Å². The molecule has 0 atom stereocenters. The molecule has 3 rings (SSSR count). The summed E-state index contributed by atoms with van der Waals surface area (Å²) < 4.78 is 15.5. The number of aryl methyl sites for hydroxylation is 1. The number of methoxy groups -OCH3 is 1. The van der Waals surface area contributed by atoms with E-state index in [1.807, 2.05) is 24.3 Å². The van der Waals surface area contributed by atoms with Crippen molar-refractivity contribution in [2.75, 3.05) is 7.11 Å². The average Bonchev–Trinajstić information content (AvgIpc) is 3.16. The van der Waals surface area contributed by atoms with E-state index in [0.717, 1.165) is 16.9 Å². The summed E-state index contributed by atoms with van der Waals surface area (Å²) in [5.74, 6) is 1.42. The van der Waals surface area contributed by atoms with Crippen LogP contribution < -0.4 is 9.47 Å². The minimum absolute atomic E-state index is 0.281. The number of ether oxygens (including phenoxy) is 2. The first kappa shape index (κ1) is 15.7. The normalized spacial score (nSPS) is 10.4. The topological polar surface area (TPSA) is 74.5 Å². The van der Waals surface area contributed by atoms with Crippen LogP contribution in [0.15, 0.2) is 59.3 Å². The van der Waals surface area contributed by atoms with Crippen LogP contribution in [-0.4, -0.2) is 23.3 Å². The molecule has 24 heavy (non-hydrogen) atoms. The summed E-state index contributed by atoms with van der Waals surface area (Å²) in [4.78, 5) is 11.9. The Morgan fingerprint density at radius 1 is 1.04 bits per heavy atom. The van der Waals surface area contributed by atoms with Crippen molar-refractivity contribution in [2.45, 2.75) is 12.8 Å². The molecule has 0 spiro atoms. The Kier molecular flexibility index (Phi) is 4.86. The van der Waals surface area contributed by atoms with Crippen LogP contribution in [-0.2, 0) is 11.2 Å². The number of esters is 1. The maximum atomic E-state index is 11.9. The molecule has 0 aliphatic carbocycles. The highest BCUT2D eigenvalue weighted by atomic mass is 16.5. The summed E-state index contributed by atoms with van der Waals surface area (Å²) in [5.41, 5.74) is 1.82. The third-order valence-electron chi connectivity index (χ3n) is 3.47. The van der Waals surface area contributed by atoms with Crippen LogP contribution in [0.3, 0.4) is 0 Å². The summed E-state index contributed by atoms with van der Waals surface area (Å²) in [6.45, 7) is 0. The van der Waals surface area contributed by atoms with E-state index in [-0.39, 0.29) is 5.97 Å². The van der Waals surface area contributed by atoms with E-state index >= 15 is 0 Å². The summed E-state index contributed by atoms with van der Waals surface area (Å²) in [5, 5.41) is 7.44. The van der Waals surface area contributed by atoms with Gasteiger partial charge in [-0.3, -0.25) is 4.79 Å². The molecule has 1 heterocycles. The molecule has 0 saturated heterocycles. The van der Waals surface area contributed by atoms with E-state index in [4.69, 9.17) is 13.9 Å². The molecule has 0 bridgehead atoms. The third-order valence-corrected chi connectivity index (χ3v) is 3.47. The monoisotopic (exact) mass is 324 g/mol. The van der Waals surface area contributed by atoms with Gasteiger partial charge in [0.05, 0.1) is 7.11 Å². The largest absolute Gasteiger partial charge is 0.497 e. The molecule has 3 aromatic rings. The van der Waals surface area contributed by atoms with Crippen molar-refractivity contribution in [2.24, 2.45) is 0 Å². The molecule has 0 saturated carbocycles. The molecule has 6 heteroatoms. The number of rotatable bonds is 6. The number of hydrogen-bond acceptors (Lipinski definition) is 6. The highest BCUT2D eigenvalue weighted by Crippen LogP contribution is 2.20. The van der Waals surface area contributed by atoms with Gasteiger partial charge in [0.25, 0.3) is 0 Å². The minimum Gasteiger partial charge on any atom is -0.497 e. The van der Waals surface area contributed by atoms with E-state index in [1.165, 1.54) is 6.39 Å². The maximum Gasteiger partial charge on any atom is 0.311 e. The Bertz CT molecular complexity index is 781. The molecule has 122 valence electrons. The lowest BCUT2D eigenvalue weighted by Gasteiger charge is -2.06. The van der Waals surface area contributed by atoms with Gasteiger partial charge in [-0.15, -0.1) is 10.2 Å². The molecule has 0 fully saturated rings. The van der Waals surface area contributed by atoms with Crippen molar-refractivity contribution < 1.29 is 18.7 Å². The first-order valence-corrected chi connectivity index (χ1v) is 7.45. The number of nitrogens with zero attached hydrogens (tertiary/aromatic N) is 2. The number of carbonyl (C=O) groups excluding carboxylic acids is 1. The molecule has 0 radical (unpaired) electrons. The minimum atomic E-state index is -0.281. The van der Waals surface area contributed by atoms with Gasteiger partial charge < -0.3 is 13.9 Å². The predicted octanol–water partition coefficient (Wildman–Crippen LogP) is 3.28. The maximum absolute atomic E-state index is 11.9. The van der Waals surface area contributed by atoms with Gasteiger partial charge in [0.2, 0.25) is 12.3 Å². The van der Waals surface area contributed by atoms with Gasteiger partial charge in [-0.25, -0.2) is 0 Å². The van der Waals surface area contributed by atoms with E-state index in [1.54, 1.807) is 31.4 Å². The SMILES string of the molecule is COc1ccc(CCC(=O)Oc2ccc(-c3nnco3)cc2)cc1. The van der Waals surface area contributed by atoms with Crippen LogP contribution in [0.2, 0.25) is 0 Å². The Balaban J connectivity index is 1.52. The quantitative estimate of drug-likeness (QED) is 0.512. The zero-order valence-corrected chi connectivity index (χ0v) is 13.1. The fourth-order valence-corrected chi connectivity index (χ4v) is 2.19. The smallest absolute Gasteiger partial charge is 0.311 e. The van der Waals surface area contributed by atoms with Crippen LogP contribution in [0.1, 0.15) is 12.0 Å². The molecular formula is C18H16N2O4. The van der Waals surface area contributed by atoms with Crippen LogP contribution in [0.4, 0.5) is 0 Å². The number of benzene rings is 2. The second kappa shape index (κ2) is 7.41. The van der Waals surface area contributed by atoms with E-state index in [9.17, 15) is 4.79 Å².